The summed E-state index contributed by atoms with van der Waals surface area (Å²) in [5.41, 5.74) is 1.28. The predicted molar refractivity (Wildman–Crippen MR) is 60.9 cm³/mol. The van der Waals surface area contributed by atoms with Crippen LogP contribution in [0.2, 0.25) is 0 Å². The number of nitrogens with zero attached hydrogens (tertiary/aromatic N) is 1. The van der Waals surface area contributed by atoms with Gasteiger partial charge in [-0.15, -0.1) is 0 Å². The number of rotatable bonds is 1. The smallest absolute Gasteiger partial charge is 0.231 e. The minimum Gasteiger partial charge on any atom is -0.454 e. The summed E-state index contributed by atoms with van der Waals surface area (Å²) in [4.78, 5) is 3.68. The van der Waals surface area contributed by atoms with E-state index in [4.69, 9.17) is 9.47 Å². The predicted octanol–water partition coefficient (Wildman–Crippen LogP) is 2.69. The van der Waals surface area contributed by atoms with E-state index in [-0.39, 0.29) is 0 Å². The molecule has 2 aliphatic heterocycles. The van der Waals surface area contributed by atoms with E-state index in [1.54, 1.807) is 0 Å². The van der Waals surface area contributed by atoms with Crippen LogP contribution in [-0.2, 0) is 0 Å². The number of thioether (sulfide) groups is 1. The van der Waals surface area contributed by atoms with Gasteiger partial charge in [-0.3, -0.25) is 0 Å². The van der Waals surface area contributed by atoms with Gasteiger partial charge in [0.15, 0.2) is 11.5 Å². The number of hydrogen-bond donors (Lipinski definition) is 0. The zero-order valence-corrected chi connectivity index (χ0v) is 9.63. The molecule has 0 aromatic heterocycles. The maximum Gasteiger partial charge on any atom is 0.231 e. The van der Waals surface area contributed by atoms with Gasteiger partial charge in [-0.05, 0) is 19.9 Å². The van der Waals surface area contributed by atoms with Crippen LogP contribution in [0.15, 0.2) is 17.0 Å². The Morgan fingerprint density at radius 2 is 2.13 bits per heavy atom. The van der Waals surface area contributed by atoms with Crippen molar-refractivity contribution >= 4 is 17.4 Å². The van der Waals surface area contributed by atoms with Gasteiger partial charge in [0.2, 0.25) is 6.79 Å². The van der Waals surface area contributed by atoms with Crippen LogP contribution >= 0.6 is 11.8 Å². The van der Waals surface area contributed by atoms with Crippen LogP contribution in [0.5, 0.6) is 11.5 Å². The SMILES string of the molecule is CCN1c2cc3c(cc2SC1C)OCO3. The highest BCUT2D eigenvalue weighted by Crippen LogP contribution is 2.49. The van der Waals surface area contributed by atoms with E-state index in [1.807, 2.05) is 11.8 Å². The molecule has 15 heavy (non-hydrogen) atoms. The normalized spacial score (nSPS) is 22.0. The first-order chi connectivity index (χ1) is 7.29. The van der Waals surface area contributed by atoms with Crippen molar-refractivity contribution in [2.24, 2.45) is 0 Å². The molecular formula is C11H13NO2S. The zero-order valence-electron chi connectivity index (χ0n) is 8.82. The number of anilines is 1. The second kappa shape index (κ2) is 3.23. The summed E-state index contributed by atoms with van der Waals surface area (Å²) in [7, 11) is 0. The number of benzene rings is 1. The lowest BCUT2D eigenvalue weighted by Crippen LogP contribution is -2.25. The Morgan fingerprint density at radius 1 is 1.40 bits per heavy atom. The van der Waals surface area contributed by atoms with Gasteiger partial charge in [0.05, 0.1) is 11.1 Å². The highest BCUT2D eigenvalue weighted by molar-refractivity contribution is 8.00. The average Bonchev–Trinajstić information content (AvgIpc) is 2.76. The second-order valence-corrected chi connectivity index (χ2v) is 5.03. The van der Waals surface area contributed by atoms with Gasteiger partial charge in [0, 0.05) is 17.5 Å². The van der Waals surface area contributed by atoms with Crippen molar-refractivity contribution in [1.82, 2.24) is 0 Å². The Labute approximate surface area is 93.4 Å². The van der Waals surface area contributed by atoms with Crippen LogP contribution in [0, 0.1) is 0 Å². The van der Waals surface area contributed by atoms with Crippen molar-refractivity contribution in [3.8, 4) is 11.5 Å². The lowest BCUT2D eigenvalue weighted by molar-refractivity contribution is 0.174. The monoisotopic (exact) mass is 223 g/mol. The van der Waals surface area contributed by atoms with Crippen molar-refractivity contribution in [2.45, 2.75) is 24.1 Å². The highest BCUT2D eigenvalue weighted by Gasteiger charge is 2.29. The molecule has 0 bridgehead atoms. The average molecular weight is 223 g/mol. The molecule has 0 spiro atoms. The molecule has 0 radical (unpaired) electrons. The van der Waals surface area contributed by atoms with Gasteiger partial charge in [-0.2, -0.15) is 0 Å². The largest absolute Gasteiger partial charge is 0.454 e. The molecule has 4 heteroatoms. The van der Waals surface area contributed by atoms with Crippen molar-refractivity contribution in [1.29, 1.82) is 0 Å². The van der Waals surface area contributed by atoms with Crippen LogP contribution in [-0.4, -0.2) is 18.7 Å². The minimum atomic E-state index is 0.352. The summed E-state index contributed by atoms with van der Waals surface area (Å²) < 4.78 is 10.8. The first-order valence-electron chi connectivity index (χ1n) is 5.16. The molecule has 0 saturated carbocycles. The molecule has 0 amide bonds. The Balaban J connectivity index is 2.08. The van der Waals surface area contributed by atoms with Crippen molar-refractivity contribution in [2.75, 3.05) is 18.2 Å². The third-order valence-electron chi connectivity index (χ3n) is 2.84. The molecular weight excluding hydrogens is 210 g/mol. The second-order valence-electron chi connectivity index (χ2n) is 3.68. The number of hydrogen-bond acceptors (Lipinski definition) is 4. The van der Waals surface area contributed by atoms with Crippen LogP contribution in [0.1, 0.15) is 13.8 Å². The standard InChI is InChI=1S/C11H13NO2S/c1-3-12-7(2)15-11-5-10-9(4-8(11)12)13-6-14-10/h4-5,7H,3,6H2,1-2H3. The van der Waals surface area contributed by atoms with E-state index < -0.39 is 0 Å². The fourth-order valence-electron chi connectivity index (χ4n) is 2.10. The van der Waals surface area contributed by atoms with E-state index in [9.17, 15) is 0 Å². The zero-order chi connectivity index (χ0) is 10.4. The van der Waals surface area contributed by atoms with Crippen LogP contribution in [0.4, 0.5) is 5.69 Å². The minimum absolute atomic E-state index is 0.352. The molecule has 1 unspecified atom stereocenters. The van der Waals surface area contributed by atoms with E-state index in [0.717, 1.165) is 18.0 Å². The third-order valence-corrected chi connectivity index (χ3v) is 4.02. The van der Waals surface area contributed by atoms with Gasteiger partial charge in [-0.1, -0.05) is 11.8 Å². The molecule has 1 aromatic carbocycles. The maximum atomic E-state index is 5.39. The molecule has 3 rings (SSSR count). The van der Waals surface area contributed by atoms with E-state index in [0.29, 0.717) is 12.2 Å². The molecule has 0 fully saturated rings. The summed E-state index contributed by atoms with van der Waals surface area (Å²) in [6.07, 6.45) is 0. The molecule has 2 aliphatic rings. The van der Waals surface area contributed by atoms with E-state index >= 15 is 0 Å². The lowest BCUT2D eigenvalue weighted by atomic mass is 10.2. The first kappa shape index (κ1) is 9.21. The Hall–Kier alpha value is -1.03. The van der Waals surface area contributed by atoms with Crippen LogP contribution in [0.25, 0.3) is 0 Å². The molecule has 3 nitrogen and oxygen atoms in total. The molecule has 0 aliphatic carbocycles. The maximum absolute atomic E-state index is 5.39. The molecule has 1 aromatic rings. The van der Waals surface area contributed by atoms with Crippen molar-refractivity contribution < 1.29 is 9.47 Å². The highest BCUT2D eigenvalue weighted by atomic mass is 32.2. The first-order valence-corrected chi connectivity index (χ1v) is 6.04. The number of ether oxygens (including phenoxy) is 2. The molecule has 1 atom stereocenters. The van der Waals surface area contributed by atoms with Crippen molar-refractivity contribution in [3.63, 3.8) is 0 Å². The summed E-state index contributed by atoms with van der Waals surface area (Å²) >= 11 is 1.88. The Morgan fingerprint density at radius 3 is 2.87 bits per heavy atom. The fraction of sp³-hybridized carbons (Fsp3) is 0.455. The Kier molecular flexibility index (Phi) is 1.99. The van der Waals surface area contributed by atoms with Crippen LogP contribution < -0.4 is 14.4 Å². The van der Waals surface area contributed by atoms with Crippen molar-refractivity contribution in [3.05, 3.63) is 12.1 Å². The van der Waals surface area contributed by atoms with Crippen LogP contribution in [0.3, 0.4) is 0 Å². The quantitative estimate of drug-likeness (QED) is 0.729. The molecule has 0 saturated heterocycles. The summed E-state index contributed by atoms with van der Waals surface area (Å²) in [6, 6.07) is 4.19. The van der Waals surface area contributed by atoms with Gasteiger partial charge in [-0.25, -0.2) is 0 Å². The van der Waals surface area contributed by atoms with Gasteiger partial charge < -0.3 is 14.4 Å². The topological polar surface area (TPSA) is 21.7 Å². The van der Waals surface area contributed by atoms with E-state index in [2.05, 4.69) is 30.9 Å². The summed E-state index contributed by atoms with van der Waals surface area (Å²) in [5.74, 6) is 1.76. The molecule has 80 valence electrons. The van der Waals surface area contributed by atoms with Gasteiger partial charge in [0.1, 0.15) is 0 Å². The summed E-state index contributed by atoms with van der Waals surface area (Å²) in [5, 5.41) is 0.507. The third kappa shape index (κ3) is 1.28. The molecule has 2 heterocycles. The van der Waals surface area contributed by atoms with Gasteiger partial charge >= 0.3 is 0 Å². The molecule has 0 N–H and O–H groups in total. The Bertz CT molecular complexity index is 408. The number of fused-ring (bicyclic) bond motifs is 2. The lowest BCUT2D eigenvalue weighted by Gasteiger charge is -2.21. The summed E-state index contributed by atoms with van der Waals surface area (Å²) in [6.45, 7) is 5.78. The fourth-order valence-corrected chi connectivity index (χ4v) is 3.33. The van der Waals surface area contributed by atoms with Gasteiger partial charge in [0.25, 0.3) is 0 Å². The van der Waals surface area contributed by atoms with E-state index in [1.165, 1.54) is 10.6 Å².